The molecule has 0 amide bonds. The fourth-order valence-electron chi connectivity index (χ4n) is 2.51. The van der Waals surface area contributed by atoms with Crippen LogP contribution in [0, 0.1) is 5.82 Å². The van der Waals surface area contributed by atoms with Gasteiger partial charge in [0.25, 0.3) is 0 Å². The number of phenolic OH excluding ortho intramolecular Hbond substituents is 1. The van der Waals surface area contributed by atoms with E-state index in [1.54, 1.807) is 23.9 Å². The Balaban J connectivity index is 1.78. The van der Waals surface area contributed by atoms with Crippen molar-refractivity contribution in [1.82, 2.24) is 5.32 Å². The second-order valence-corrected chi connectivity index (χ2v) is 6.54. The lowest BCUT2D eigenvalue weighted by Gasteiger charge is -2.26. The molecule has 0 spiro atoms. The summed E-state index contributed by atoms with van der Waals surface area (Å²) in [5.41, 5.74) is 1.74. The van der Waals surface area contributed by atoms with E-state index in [0.29, 0.717) is 11.6 Å². The molecule has 0 saturated carbocycles. The van der Waals surface area contributed by atoms with Crippen LogP contribution in [0.5, 0.6) is 5.75 Å². The highest BCUT2D eigenvalue weighted by atomic mass is 35.5. The predicted octanol–water partition coefficient (Wildman–Crippen LogP) is 4.51. The van der Waals surface area contributed by atoms with Crippen LogP contribution in [0.4, 0.5) is 4.39 Å². The fraction of sp³-hybridized carbons (Fsp3) is 0.250. The van der Waals surface area contributed by atoms with Crippen LogP contribution in [0.2, 0.25) is 5.02 Å². The van der Waals surface area contributed by atoms with Gasteiger partial charge in [0.05, 0.1) is 5.02 Å². The summed E-state index contributed by atoms with van der Waals surface area (Å²) in [4.78, 5) is 1.12. The molecule has 2 N–H and O–H groups in total. The van der Waals surface area contributed by atoms with E-state index in [1.807, 2.05) is 18.2 Å². The van der Waals surface area contributed by atoms with E-state index in [1.165, 1.54) is 6.07 Å². The number of benzene rings is 2. The summed E-state index contributed by atoms with van der Waals surface area (Å²) in [6.45, 7) is 0.498. The summed E-state index contributed by atoms with van der Waals surface area (Å²) in [6.07, 6.45) is 0.933. The van der Waals surface area contributed by atoms with Crippen LogP contribution < -0.4 is 5.32 Å². The van der Waals surface area contributed by atoms with Crippen LogP contribution in [-0.4, -0.2) is 10.9 Å². The van der Waals surface area contributed by atoms with Gasteiger partial charge in [0.1, 0.15) is 11.6 Å². The third-order valence-corrected chi connectivity index (χ3v) is 5.05. The van der Waals surface area contributed by atoms with Crippen LogP contribution in [0.25, 0.3) is 0 Å². The lowest BCUT2D eigenvalue weighted by molar-refractivity contribution is 0.453. The molecule has 1 atom stereocenters. The Bertz CT molecular complexity index is 665. The van der Waals surface area contributed by atoms with Crippen LogP contribution in [-0.2, 0) is 6.54 Å². The number of phenols is 1. The highest BCUT2D eigenvalue weighted by molar-refractivity contribution is 7.99. The second kappa shape index (κ2) is 6.26. The average molecular weight is 324 g/mol. The minimum atomic E-state index is -0.214. The SMILES string of the molecule is Oc1c(Cl)cccc1CNC1CCSc2ccc(F)cc21. The van der Waals surface area contributed by atoms with Gasteiger partial charge in [0, 0.05) is 23.0 Å². The van der Waals surface area contributed by atoms with Crippen LogP contribution in [0.15, 0.2) is 41.3 Å². The topological polar surface area (TPSA) is 32.3 Å². The Kier molecular flexibility index (Phi) is 4.38. The second-order valence-electron chi connectivity index (χ2n) is 5.00. The maximum absolute atomic E-state index is 13.5. The van der Waals surface area contributed by atoms with E-state index in [4.69, 9.17) is 11.6 Å². The predicted molar refractivity (Wildman–Crippen MR) is 84.4 cm³/mol. The third kappa shape index (κ3) is 3.18. The van der Waals surface area contributed by atoms with Crippen molar-refractivity contribution in [3.8, 4) is 5.75 Å². The first-order valence-corrected chi connectivity index (χ1v) is 8.13. The summed E-state index contributed by atoms with van der Waals surface area (Å²) in [6, 6.07) is 10.3. The van der Waals surface area contributed by atoms with E-state index in [0.717, 1.165) is 28.2 Å². The van der Waals surface area contributed by atoms with Crippen molar-refractivity contribution in [2.75, 3.05) is 5.75 Å². The van der Waals surface area contributed by atoms with Crippen molar-refractivity contribution in [3.05, 3.63) is 58.4 Å². The molecule has 0 saturated heterocycles. The summed E-state index contributed by atoms with van der Waals surface area (Å²) in [5, 5.41) is 13.7. The number of halogens is 2. The van der Waals surface area contributed by atoms with Gasteiger partial charge in [0.2, 0.25) is 0 Å². The maximum atomic E-state index is 13.5. The zero-order valence-electron chi connectivity index (χ0n) is 11.3. The van der Waals surface area contributed by atoms with Gasteiger partial charge in [0.15, 0.2) is 0 Å². The Hall–Kier alpha value is -1.23. The number of para-hydroxylation sites is 1. The zero-order valence-corrected chi connectivity index (χ0v) is 12.8. The van der Waals surface area contributed by atoms with E-state index in [2.05, 4.69) is 5.32 Å². The Morgan fingerprint density at radius 1 is 1.33 bits per heavy atom. The number of nitrogens with one attached hydrogen (secondary N) is 1. The smallest absolute Gasteiger partial charge is 0.138 e. The van der Waals surface area contributed by atoms with Gasteiger partial charge in [-0.05, 0) is 42.0 Å². The van der Waals surface area contributed by atoms with E-state index >= 15 is 0 Å². The van der Waals surface area contributed by atoms with E-state index in [9.17, 15) is 9.50 Å². The highest BCUT2D eigenvalue weighted by Crippen LogP contribution is 2.37. The molecule has 1 unspecified atom stereocenters. The molecule has 5 heteroatoms. The van der Waals surface area contributed by atoms with Crippen LogP contribution >= 0.6 is 23.4 Å². The van der Waals surface area contributed by atoms with Gasteiger partial charge in [-0.2, -0.15) is 0 Å². The van der Waals surface area contributed by atoms with Crippen LogP contribution in [0.3, 0.4) is 0 Å². The van der Waals surface area contributed by atoms with Gasteiger partial charge < -0.3 is 10.4 Å². The maximum Gasteiger partial charge on any atom is 0.138 e. The monoisotopic (exact) mass is 323 g/mol. The van der Waals surface area contributed by atoms with Gasteiger partial charge in [-0.1, -0.05) is 23.7 Å². The Morgan fingerprint density at radius 3 is 3.05 bits per heavy atom. The molecular formula is C16H15ClFNOS. The molecule has 0 bridgehead atoms. The number of hydrogen-bond acceptors (Lipinski definition) is 3. The van der Waals surface area contributed by atoms with Crippen molar-refractivity contribution in [3.63, 3.8) is 0 Å². The molecule has 1 aliphatic rings. The molecule has 2 nitrogen and oxygen atoms in total. The quantitative estimate of drug-likeness (QED) is 0.871. The molecule has 1 heterocycles. The molecule has 0 radical (unpaired) electrons. The molecule has 2 aromatic rings. The van der Waals surface area contributed by atoms with Crippen molar-refractivity contribution < 1.29 is 9.50 Å². The standard InChI is InChI=1S/C16H15ClFNOS/c17-13-3-1-2-10(16(13)20)9-19-14-6-7-21-15-5-4-11(18)8-12(14)15/h1-5,8,14,19-20H,6-7,9H2. The summed E-state index contributed by atoms with van der Waals surface area (Å²) < 4.78 is 13.5. The number of fused-ring (bicyclic) bond motifs is 1. The summed E-state index contributed by atoms with van der Waals surface area (Å²) in [5.74, 6) is 0.891. The van der Waals surface area contributed by atoms with Crippen molar-refractivity contribution in [2.24, 2.45) is 0 Å². The van der Waals surface area contributed by atoms with Crippen LogP contribution in [0.1, 0.15) is 23.6 Å². The molecular weight excluding hydrogens is 309 g/mol. The molecule has 2 aromatic carbocycles. The Labute approximate surface area is 132 Å². The highest BCUT2D eigenvalue weighted by Gasteiger charge is 2.21. The molecule has 0 aliphatic carbocycles. The minimum Gasteiger partial charge on any atom is -0.506 e. The minimum absolute atomic E-state index is 0.0929. The largest absolute Gasteiger partial charge is 0.506 e. The summed E-state index contributed by atoms with van der Waals surface area (Å²) >= 11 is 7.66. The normalized spacial score (nSPS) is 17.5. The first-order valence-electron chi connectivity index (χ1n) is 6.77. The molecule has 21 heavy (non-hydrogen) atoms. The number of aromatic hydroxyl groups is 1. The number of hydrogen-bond donors (Lipinski definition) is 2. The first-order chi connectivity index (χ1) is 10.1. The van der Waals surface area contributed by atoms with Gasteiger partial charge in [-0.15, -0.1) is 11.8 Å². The van der Waals surface area contributed by atoms with Crippen molar-refractivity contribution in [2.45, 2.75) is 23.9 Å². The van der Waals surface area contributed by atoms with E-state index in [-0.39, 0.29) is 17.6 Å². The molecule has 0 fully saturated rings. The number of thioether (sulfide) groups is 1. The molecule has 3 rings (SSSR count). The summed E-state index contributed by atoms with van der Waals surface area (Å²) in [7, 11) is 0. The number of rotatable bonds is 3. The molecule has 1 aliphatic heterocycles. The van der Waals surface area contributed by atoms with Gasteiger partial charge >= 0.3 is 0 Å². The van der Waals surface area contributed by atoms with E-state index < -0.39 is 0 Å². The zero-order chi connectivity index (χ0) is 14.8. The van der Waals surface area contributed by atoms with Crippen molar-refractivity contribution in [1.29, 1.82) is 0 Å². The lowest BCUT2D eigenvalue weighted by atomic mass is 10.0. The Morgan fingerprint density at radius 2 is 2.19 bits per heavy atom. The molecule has 0 aromatic heterocycles. The fourth-order valence-corrected chi connectivity index (χ4v) is 3.81. The first kappa shape index (κ1) is 14.7. The van der Waals surface area contributed by atoms with Gasteiger partial charge in [-0.3, -0.25) is 0 Å². The third-order valence-electron chi connectivity index (χ3n) is 3.62. The average Bonchev–Trinajstić information content (AvgIpc) is 2.49. The molecule has 110 valence electrons. The van der Waals surface area contributed by atoms with Crippen molar-refractivity contribution >= 4 is 23.4 Å². The lowest BCUT2D eigenvalue weighted by Crippen LogP contribution is -2.24. The van der Waals surface area contributed by atoms with Gasteiger partial charge in [-0.25, -0.2) is 4.39 Å².